The number of nitrogens with zero attached hydrogens (tertiary/aromatic N) is 2. The predicted molar refractivity (Wildman–Crippen MR) is 99.1 cm³/mol. The van der Waals surface area contributed by atoms with Crippen LogP contribution in [0.4, 0.5) is 0 Å². The average molecular weight is 395 g/mol. The van der Waals surface area contributed by atoms with E-state index in [9.17, 15) is 9.59 Å². The summed E-state index contributed by atoms with van der Waals surface area (Å²) in [6.45, 7) is 3.95. The minimum absolute atomic E-state index is 0. The van der Waals surface area contributed by atoms with Gasteiger partial charge < -0.3 is 15.5 Å². The number of carbonyl (C=O) groups excluding carboxylic acids is 2. The van der Waals surface area contributed by atoms with E-state index >= 15 is 0 Å². The Kier molecular flexibility index (Phi) is 8.30. The third-order valence-corrected chi connectivity index (χ3v) is 4.34. The molecule has 134 valence electrons. The van der Waals surface area contributed by atoms with Gasteiger partial charge in [-0.3, -0.25) is 9.59 Å². The summed E-state index contributed by atoms with van der Waals surface area (Å²) in [5.74, 6) is -0.163. The summed E-state index contributed by atoms with van der Waals surface area (Å²) in [4.78, 5) is 28.1. The molecule has 1 atom stereocenters. The number of amides is 2. The van der Waals surface area contributed by atoms with Gasteiger partial charge in [0.1, 0.15) is 0 Å². The van der Waals surface area contributed by atoms with Gasteiger partial charge in [-0.2, -0.15) is 0 Å². The van der Waals surface area contributed by atoms with Gasteiger partial charge in [0.15, 0.2) is 0 Å². The van der Waals surface area contributed by atoms with Crippen molar-refractivity contribution in [3.05, 3.63) is 33.8 Å². The third-order valence-electron chi connectivity index (χ3n) is 3.90. The van der Waals surface area contributed by atoms with Crippen LogP contribution in [0.25, 0.3) is 0 Å². The summed E-state index contributed by atoms with van der Waals surface area (Å²) in [6.07, 6.45) is 1.56. The fourth-order valence-corrected chi connectivity index (χ4v) is 3.18. The van der Waals surface area contributed by atoms with E-state index < -0.39 is 6.04 Å². The molecule has 1 unspecified atom stereocenters. The minimum Gasteiger partial charge on any atom is -0.338 e. The first kappa shape index (κ1) is 21.0. The monoisotopic (exact) mass is 393 g/mol. The van der Waals surface area contributed by atoms with E-state index in [2.05, 4.69) is 0 Å². The number of rotatable bonds is 4. The number of piperazine rings is 1. The lowest BCUT2D eigenvalue weighted by Crippen LogP contribution is -2.54. The molecule has 1 aromatic carbocycles. The molecule has 2 rings (SSSR count). The molecule has 24 heavy (non-hydrogen) atoms. The Morgan fingerprint density at radius 3 is 2.08 bits per heavy atom. The van der Waals surface area contributed by atoms with Crippen LogP contribution >= 0.6 is 35.6 Å². The van der Waals surface area contributed by atoms with Crippen LogP contribution in [0, 0.1) is 0 Å². The fraction of sp³-hybridized carbons (Fsp3) is 0.500. The molecule has 0 aliphatic carbocycles. The summed E-state index contributed by atoms with van der Waals surface area (Å²) < 4.78 is 0. The zero-order chi connectivity index (χ0) is 17.0. The Bertz CT molecular complexity index is 570. The summed E-state index contributed by atoms with van der Waals surface area (Å²) >= 11 is 11.9. The molecule has 1 saturated heterocycles. The number of halogens is 3. The number of hydrogen-bond donors (Lipinski definition) is 1. The van der Waals surface area contributed by atoms with Crippen LogP contribution in [0.15, 0.2) is 18.2 Å². The highest BCUT2D eigenvalue weighted by atomic mass is 35.5. The lowest BCUT2D eigenvalue weighted by atomic mass is 10.1. The van der Waals surface area contributed by atoms with Crippen molar-refractivity contribution in [1.82, 2.24) is 9.80 Å². The SMILES string of the molecule is CCCC(N)C(=O)N1CCN(C(=O)c2cc(Cl)cc(Cl)c2)CC1.Cl. The maximum absolute atomic E-state index is 12.5. The first-order valence-electron chi connectivity index (χ1n) is 7.72. The largest absolute Gasteiger partial charge is 0.338 e. The first-order chi connectivity index (χ1) is 10.9. The second kappa shape index (κ2) is 9.47. The number of benzene rings is 1. The van der Waals surface area contributed by atoms with Crippen LogP contribution in [0.3, 0.4) is 0 Å². The van der Waals surface area contributed by atoms with Crippen molar-refractivity contribution in [1.29, 1.82) is 0 Å². The summed E-state index contributed by atoms with van der Waals surface area (Å²) in [5.41, 5.74) is 6.34. The molecule has 5 nitrogen and oxygen atoms in total. The molecule has 0 saturated carbocycles. The van der Waals surface area contributed by atoms with Gasteiger partial charge in [-0.05, 0) is 24.6 Å². The molecular weight excluding hydrogens is 373 g/mol. The van der Waals surface area contributed by atoms with Crippen molar-refractivity contribution >= 4 is 47.4 Å². The van der Waals surface area contributed by atoms with E-state index in [1.54, 1.807) is 28.0 Å². The van der Waals surface area contributed by atoms with Crippen LogP contribution in [-0.4, -0.2) is 53.8 Å². The van der Waals surface area contributed by atoms with E-state index in [1.807, 2.05) is 6.92 Å². The predicted octanol–water partition coefficient (Wildman–Crippen LogP) is 2.83. The van der Waals surface area contributed by atoms with E-state index in [0.29, 0.717) is 48.2 Å². The van der Waals surface area contributed by atoms with Crippen molar-refractivity contribution in [3.8, 4) is 0 Å². The quantitative estimate of drug-likeness (QED) is 0.854. The smallest absolute Gasteiger partial charge is 0.254 e. The molecule has 1 aliphatic heterocycles. The summed E-state index contributed by atoms with van der Waals surface area (Å²) in [5, 5.41) is 0.861. The molecular formula is C16H22Cl3N3O2. The molecule has 1 heterocycles. The maximum atomic E-state index is 12.5. The molecule has 1 aliphatic rings. The van der Waals surface area contributed by atoms with Crippen molar-refractivity contribution < 1.29 is 9.59 Å². The van der Waals surface area contributed by atoms with Crippen LogP contribution in [0.1, 0.15) is 30.1 Å². The molecule has 0 spiro atoms. The molecule has 2 amide bonds. The van der Waals surface area contributed by atoms with E-state index in [0.717, 1.165) is 6.42 Å². The van der Waals surface area contributed by atoms with Gasteiger partial charge in [-0.25, -0.2) is 0 Å². The van der Waals surface area contributed by atoms with E-state index in [4.69, 9.17) is 28.9 Å². The second-order valence-electron chi connectivity index (χ2n) is 5.67. The first-order valence-corrected chi connectivity index (χ1v) is 8.47. The Labute approximate surface area is 158 Å². The topological polar surface area (TPSA) is 66.6 Å². The highest BCUT2D eigenvalue weighted by Gasteiger charge is 2.27. The van der Waals surface area contributed by atoms with Crippen LogP contribution < -0.4 is 5.73 Å². The Hall–Kier alpha value is -1.01. The van der Waals surface area contributed by atoms with Crippen LogP contribution in [0.5, 0.6) is 0 Å². The molecule has 0 bridgehead atoms. The average Bonchev–Trinajstić information content (AvgIpc) is 2.53. The van der Waals surface area contributed by atoms with Crippen molar-refractivity contribution in [2.24, 2.45) is 5.73 Å². The Balaban J connectivity index is 0.00000288. The maximum Gasteiger partial charge on any atom is 0.254 e. The standard InChI is InChI=1S/C16H21Cl2N3O2.ClH/c1-2-3-14(19)16(23)21-6-4-20(5-7-21)15(22)11-8-12(17)10-13(18)9-11;/h8-10,14H,2-7,19H2,1H3;1H. The third kappa shape index (κ3) is 5.24. The number of hydrogen-bond acceptors (Lipinski definition) is 3. The van der Waals surface area contributed by atoms with Gasteiger partial charge >= 0.3 is 0 Å². The highest BCUT2D eigenvalue weighted by molar-refractivity contribution is 6.35. The van der Waals surface area contributed by atoms with Gasteiger partial charge in [0.25, 0.3) is 5.91 Å². The van der Waals surface area contributed by atoms with E-state index in [1.165, 1.54) is 0 Å². The van der Waals surface area contributed by atoms with Gasteiger partial charge in [0, 0.05) is 41.8 Å². The summed E-state index contributed by atoms with van der Waals surface area (Å²) in [6, 6.07) is 4.34. The molecule has 0 radical (unpaired) electrons. The zero-order valence-electron chi connectivity index (χ0n) is 13.5. The van der Waals surface area contributed by atoms with Crippen molar-refractivity contribution in [2.75, 3.05) is 26.2 Å². The van der Waals surface area contributed by atoms with Gasteiger partial charge in [-0.15, -0.1) is 12.4 Å². The number of carbonyl (C=O) groups is 2. The minimum atomic E-state index is -0.450. The molecule has 1 fully saturated rings. The van der Waals surface area contributed by atoms with Gasteiger partial charge in [-0.1, -0.05) is 36.5 Å². The van der Waals surface area contributed by atoms with Crippen LogP contribution in [0.2, 0.25) is 10.0 Å². The van der Waals surface area contributed by atoms with Crippen molar-refractivity contribution in [2.45, 2.75) is 25.8 Å². The molecule has 0 aromatic heterocycles. The lowest BCUT2D eigenvalue weighted by molar-refractivity contribution is -0.134. The Morgan fingerprint density at radius 1 is 1.08 bits per heavy atom. The van der Waals surface area contributed by atoms with Gasteiger partial charge in [0.2, 0.25) is 5.91 Å². The highest BCUT2D eigenvalue weighted by Crippen LogP contribution is 2.20. The zero-order valence-corrected chi connectivity index (χ0v) is 15.8. The van der Waals surface area contributed by atoms with Crippen molar-refractivity contribution in [3.63, 3.8) is 0 Å². The van der Waals surface area contributed by atoms with Crippen LogP contribution in [-0.2, 0) is 4.79 Å². The summed E-state index contributed by atoms with van der Waals surface area (Å²) in [7, 11) is 0. The normalized spacial score (nSPS) is 15.7. The van der Waals surface area contributed by atoms with Gasteiger partial charge in [0.05, 0.1) is 6.04 Å². The Morgan fingerprint density at radius 2 is 1.58 bits per heavy atom. The second-order valence-corrected chi connectivity index (χ2v) is 6.54. The molecule has 8 heteroatoms. The van der Waals surface area contributed by atoms with E-state index in [-0.39, 0.29) is 24.2 Å². The lowest BCUT2D eigenvalue weighted by Gasteiger charge is -2.36. The fourth-order valence-electron chi connectivity index (χ4n) is 2.66. The molecule has 2 N–H and O–H groups in total. The number of nitrogens with two attached hydrogens (primary N) is 1. The molecule has 1 aromatic rings.